The van der Waals surface area contributed by atoms with Gasteiger partial charge in [-0.15, -0.1) is 0 Å². The number of rotatable bonds is 3. The molecule has 0 radical (unpaired) electrons. The van der Waals surface area contributed by atoms with Crippen molar-refractivity contribution in [3.8, 4) is 0 Å². The van der Waals surface area contributed by atoms with Crippen LogP contribution in [0.4, 0.5) is 0 Å². The zero-order valence-electron chi connectivity index (χ0n) is 9.35. The van der Waals surface area contributed by atoms with Crippen LogP contribution in [0.15, 0.2) is 10.6 Å². The third-order valence-corrected chi connectivity index (χ3v) is 3.52. The molecular weight excluding hydrogens is 202 g/mol. The molecule has 16 heavy (non-hydrogen) atoms. The fourth-order valence-electron chi connectivity index (χ4n) is 2.24. The van der Waals surface area contributed by atoms with E-state index in [0.717, 1.165) is 31.6 Å². The first-order chi connectivity index (χ1) is 7.76. The number of hydrogen-bond acceptors (Lipinski definition) is 4. The van der Waals surface area contributed by atoms with E-state index < -0.39 is 0 Å². The summed E-state index contributed by atoms with van der Waals surface area (Å²) in [7, 11) is 0. The van der Waals surface area contributed by atoms with E-state index >= 15 is 0 Å². The van der Waals surface area contributed by atoms with Crippen LogP contribution in [0.5, 0.6) is 0 Å². The molecule has 0 bridgehead atoms. The molecule has 3 rings (SSSR count). The van der Waals surface area contributed by atoms with E-state index in [-0.39, 0.29) is 5.54 Å². The summed E-state index contributed by atoms with van der Waals surface area (Å²) < 4.78 is 5.19. The van der Waals surface area contributed by atoms with E-state index in [2.05, 4.69) is 16.2 Å². The lowest BCUT2D eigenvalue weighted by atomic mass is 9.99. The first-order valence-corrected chi connectivity index (χ1v) is 6.08. The molecule has 2 fully saturated rings. The van der Waals surface area contributed by atoms with Crippen molar-refractivity contribution in [2.24, 2.45) is 11.7 Å². The Bertz CT molecular complexity index is 400. The average molecular weight is 219 g/mol. The van der Waals surface area contributed by atoms with Crippen molar-refractivity contribution in [3.63, 3.8) is 0 Å². The molecule has 0 saturated heterocycles. The monoisotopic (exact) mass is 219 g/mol. The molecule has 4 nitrogen and oxygen atoms in total. The minimum Gasteiger partial charge on any atom is -0.335 e. The van der Waals surface area contributed by atoms with Crippen molar-refractivity contribution < 1.29 is 4.52 Å². The third-order valence-electron chi connectivity index (χ3n) is 3.52. The van der Waals surface area contributed by atoms with Gasteiger partial charge >= 0.3 is 0 Å². The second-order valence-corrected chi connectivity index (χ2v) is 5.02. The molecule has 0 atom stereocenters. The predicted molar refractivity (Wildman–Crippen MR) is 60.4 cm³/mol. The first kappa shape index (κ1) is 10.0. The fraction of sp³-hybridized carbons (Fsp3) is 0.667. The Kier molecular flexibility index (Phi) is 2.32. The average Bonchev–Trinajstić information content (AvgIpc) is 2.79. The maximum atomic E-state index is 6.25. The van der Waals surface area contributed by atoms with Crippen molar-refractivity contribution in [2.45, 2.75) is 44.1 Å². The summed E-state index contributed by atoms with van der Waals surface area (Å²) in [4.78, 5) is 4.37. The molecule has 1 aromatic rings. The Morgan fingerprint density at radius 1 is 1.31 bits per heavy atom. The molecule has 0 amide bonds. The van der Waals surface area contributed by atoms with Crippen LogP contribution in [0, 0.1) is 5.92 Å². The largest absolute Gasteiger partial charge is 0.335 e. The van der Waals surface area contributed by atoms with Crippen LogP contribution in [0.1, 0.15) is 50.2 Å². The highest BCUT2D eigenvalue weighted by atomic mass is 16.5. The van der Waals surface area contributed by atoms with Gasteiger partial charge in [-0.1, -0.05) is 24.1 Å². The first-order valence-electron chi connectivity index (χ1n) is 6.08. The van der Waals surface area contributed by atoms with Gasteiger partial charge < -0.3 is 10.3 Å². The predicted octanol–water partition coefficient (Wildman–Crippen LogP) is 2.22. The molecule has 0 aliphatic heterocycles. The molecule has 2 aliphatic carbocycles. The summed E-state index contributed by atoms with van der Waals surface area (Å²) in [6.45, 7) is 0. The van der Waals surface area contributed by atoms with E-state index in [9.17, 15) is 0 Å². The Morgan fingerprint density at radius 3 is 2.75 bits per heavy atom. The molecule has 0 spiro atoms. The van der Waals surface area contributed by atoms with E-state index in [4.69, 9.17) is 10.3 Å². The quantitative estimate of drug-likeness (QED) is 0.846. The highest BCUT2D eigenvalue weighted by Crippen LogP contribution is 2.35. The minimum absolute atomic E-state index is 0.338. The van der Waals surface area contributed by atoms with E-state index in [1.165, 1.54) is 12.8 Å². The van der Waals surface area contributed by atoms with Crippen LogP contribution in [-0.2, 0) is 5.54 Å². The van der Waals surface area contributed by atoms with Gasteiger partial charge in [0.15, 0.2) is 5.82 Å². The minimum atomic E-state index is -0.338. The molecule has 0 aromatic carbocycles. The van der Waals surface area contributed by atoms with Gasteiger partial charge in [-0.3, -0.25) is 0 Å². The number of hydrogen-bond donors (Lipinski definition) is 1. The van der Waals surface area contributed by atoms with Crippen molar-refractivity contribution in [2.75, 3.05) is 0 Å². The lowest BCUT2D eigenvalue weighted by molar-refractivity contribution is 0.364. The van der Waals surface area contributed by atoms with Crippen molar-refractivity contribution >= 4 is 6.08 Å². The normalized spacial score (nSPS) is 24.3. The number of allylic oxidation sites excluding steroid dienone is 1. The molecule has 4 heteroatoms. The third kappa shape index (κ3) is 1.89. The summed E-state index contributed by atoms with van der Waals surface area (Å²) in [5, 5.41) is 4.01. The number of nitrogens with zero attached hydrogens (tertiary/aromatic N) is 2. The maximum absolute atomic E-state index is 6.25. The smallest absolute Gasteiger partial charge is 0.250 e. The zero-order valence-corrected chi connectivity index (χ0v) is 9.35. The highest BCUT2D eigenvalue weighted by molar-refractivity contribution is 5.39. The summed E-state index contributed by atoms with van der Waals surface area (Å²) >= 11 is 0. The zero-order chi connectivity index (χ0) is 11.0. The van der Waals surface area contributed by atoms with Crippen LogP contribution < -0.4 is 5.73 Å². The molecule has 2 aliphatic rings. The van der Waals surface area contributed by atoms with Crippen LogP contribution in [0.25, 0.3) is 6.08 Å². The van der Waals surface area contributed by atoms with Crippen LogP contribution in [0.2, 0.25) is 0 Å². The lowest BCUT2D eigenvalue weighted by Gasteiger charge is -2.17. The van der Waals surface area contributed by atoms with Gasteiger partial charge in [0.25, 0.3) is 0 Å². The maximum Gasteiger partial charge on any atom is 0.250 e. The van der Waals surface area contributed by atoms with Gasteiger partial charge in [0, 0.05) is 0 Å². The summed E-state index contributed by atoms with van der Waals surface area (Å²) in [5.41, 5.74) is 5.91. The lowest BCUT2D eigenvalue weighted by Crippen LogP contribution is -2.34. The number of nitrogens with two attached hydrogens (primary N) is 1. The summed E-state index contributed by atoms with van der Waals surface area (Å²) in [6.07, 6.45) is 10.9. The molecule has 1 heterocycles. The van der Waals surface area contributed by atoms with Gasteiger partial charge in [0.2, 0.25) is 5.89 Å². The van der Waals surface area contributed by atoms with Gasteiger partial charge in [-0.05, 0) is 37.7 Å². The Balaban J connectivity index is 1.75. The summed E-state index contributed by atoms with van der Waals surface area (Å²) in [6, 6.07) is 0. The molecule has 1 aromatic heterocycles. The topological polar surface area (TPSA) is 64.9 Å². The van der Waals surface area contributed by atoms with Crippen LogP contribution >= 0.6 is 0 Å². The molecule has 2 N–H and O–H groups in total. The molecule has 2 saturated carbocycles. The molecular formula is C12H17N3O. The second-order valence-electron chi connectivity index (χ2n) is 5.02. The Labute approximate surface area is 94.9 Å². The van der Waals surface area contributed by atoms with E-state index in [1.807, 2.05) is 6.08 Å². The fourth-order valence-corrected chi connectivity index (χ4v) is 2.24. The molecule has 0 unspecified atom stereocenters. The van der Waals surface area contributed by atoms with Crippen molar-refractivity contribution in [1.29, 1.82) is 0 Å². The van der Waals surface area contributed by atoms with E-state index in [1.54, 1.807) is 0 Å². The van der Waals surface area contributed by atoms with E-state index in [0.29, 0.717) is 11.7 Å². The SMILES string of the molecule is NC1(c2noc(/C=C/C3CC3)n2)CCCC1. The van der Waals surface area contributed by atoms with Crippen LogP contribution in [0.3, 0.4) is 0 Å². The van der Waals surface area contributed by atoms with Gasteiger partial charge in [0.05, 0.1) is 5.54 Å². The summed E-state index contributed by atoms with van der Waals surface area (Å²) in [5.74, 6) is 2.01. The van der Waals surface area contributed by atoms with Gasteiger partial charge in [0.1, 0.15) is 0 Å². The van der Waals surface area contributed by atoms with Crippen LogP contribution in [-0.4, -0.2) is 10.1 Å². The number of aromatic nitrogens is 2. The highest BCUT2D eigenvalue weighted by Gasteiger charge is 2.35. The van der Waals surface area contributed by atoms with Gasteiger partial charge in [-0.25, -0.2) is 0 Å². The standard InChI is InChI=1S/C12H17N3O/c13-12(7-1-2-8-12)11-14-10(16-15-11)6-5-9-3-4-9/h5-6,9H,1-4,7-8,13H2/b6-5+. The Hall–Kier alpha value is -1.16. The van der Waals surface area contributed by atoms with Crippen molar-refractivity contribution in [3.05, 3.63) is 17.8 Å². The second kappa shape index (κ2) is 3.70. The van der Waals surface area contributed by atoms with Crippen molar-refractivity contribution in [1.82, 2.24) is 10.1 Å². The molecule has 86 valence electrons. The van der Waals surface area contributed by atoms with Gasteiger partial charge in [-0.2, -0.15) is 4.98 Å². The Morgan fingerprint density at radius 2 is 2.06 bits per heavy atom.